The number of likely N-dealkylation sites (tertiary alicyclic amines) is 1. The van der Waals surface area contributed by atoms with Crippen molar-refractivity contribution in [3.8, 4) is 0 Å². The van der Waals surface area contributed by atoms with Crippen molar-refractivity contribution in [2.24, 2.45) is 23.3 Å². The first-order valence-electron chi connectivity index (χ1n) is 14.2. The zero-order valence-electron chi connectivity index (χ0n) is 22.6. The maximum Gasteiger partial charge on any atom is 0.343 e. The number of likely N-dealkylation sites (N-methyl/N-ethyl adjacent to an activating group) is 1. The maximum atomic E-state index is 12.9. The average Bonchev–Trinajstić information content (AvgIpc) is 2.89. The van der Waals surface area contributed by atoms with Gasteiger partial charge in [-0.15, -0.1) is 0 Å². The Kier molecular flexibility index (Phi) is 9.60. The summed E-state index contributed by atoms with van der Waals surface area (Å²) in [5, 5.41) is 9.62. The highest BCUT2D eigenvalue weighted by atomic mass is 16.2. The standard InChI is InChI=1S/C28H43N7O3/c1-35-16-2-3-24(17-35)33-27(38)20-6-12-22(13-7-20)31-25(36)18-4-10-21(11-5-18)32-26(37)19-8-14-23(15-9-19)34-28(29)30/h8-9,14-15,18,20-22,24H,2-7,10-13,16-17H2,1H3,(H,31,36)(H,32,37)(H,33,38)(H4,29,30,34)/p+2. The Morgan fingerprint density at radius 3 is 1.82 bits per heavy atom. The molecule has 1 saturated heterocycles. The Bertz CT molecular complexity index is 992. The van der Waals surface area contributed by atoms with Gasteiger partial charge in [0.1, 0.15) is 0 Å². The third-order valence-corrected chi connectivity index (χ3v) is 8.41. The van der Waals surface area contributed by atoms with Gasteiger partial charge in [0.05, 0.1) is 31.9 Å². The molecule has 2 saturated carbocycles. The number of piperidine rings is 1. The van der Waals surface area contributed by atoms with Crippen molar-refractivity contribution < 1.29 is 24.3 Å². The van der Waals surface area contributed by atoms with Gasteiger partial charge in [-0.2, -0.15) is 0 Å². The van der Waals surface area contributed by atoms with E-state index in [9.17, 15) is 14.4 Å². The number of benzene rings is 1. The van der Waals surface area contributed by atoms with Crippen LogP contribution in [-0.2, 0) is 9.59 Å². The van der Waals surface area contributed by atoms with Gasteiger partial charge in [-0.1, -0.05) is 0 Å². The number of hydrogen-bond acceptors (Lipinski definition) is 3. The van der Waals surface area contributed by atoms with Crippen LogP contribution >= 0.6 is 0 Å². The predicted molar refractivity (Wildman–Crippen MR) is 145 cm³/mol. The van der Waals surface area contributed by atoms with Crippen LogP contribution < -0.4 is 37.3 Å². The molecule has 3 fully saturated rings. The SMILES string of the molecule is C[NH+]1CCCC(NC(=O)C2CCC(NC(=O)C3CCC(NC(=O)c4ccc([NH+]=C(N)N)cc4)CC3)CC2)C1. The van der Waals surface area contributed by atoms with Crippen molar-refractivity contribution in [2.75, 3.05) is 20.1 Å². The molecule has 38 heavy (non-hydrogen) atoms. The number of nitrogens with one attached hydrogen (secondary N) is 5. The highest BCUT2D eigenvalue weighted by Gasteiger charge is 2.32. The third-order valence-electron chi connectivity index (χ3n) is 8.41. The Hall–Kier alpha value is -3.14. The van der Waals surface area contributed by atoms with Gasteiger partial charge in [0.25, 0.3) is 5.91 Å². The molecule has 1 heterocycles. The quantitative estimate of drug-likeness (QED) is 0.168. The first-order chi connectivity index (χ1) is 18.3. The molecular formula is C28H45N7O3+2. The minimum Gasteiger partial charge on any atom is -0.353 e. The van der Waals surface area contributed by atoms with Crippen LogP contribution in [0.25, 0.3) is 0 Å². The summed E-state index contributed by atoms with van der Waals surface area (Å²) in [5.74, 6) is 0.345. The largest absolute Gasteiger partial charge is 0.353 e. The topological polar surface area (TPSA) is 158 Å². The van der Waals surface area contributed by atoms with Crippen molar-refractivity contribution in [3.63, 3.8) is 0 Å². The second kappa shape index (κ2) is 13.1. The van der Waals surface area contributed by atoms with Crippen molar-refractivity contribution in [3.05, 3.63) is 29.8 Å². The zero-order chi connectivity index (χ0) is 27.1. The molecule has 2 atom stereocenters. The highest BCUT2D eigenvalue weighted by molar-refractivity contribution is 5.94. The maximum absolute atomic E-state index is 12.9. The normalized spacial score (nSPS) is 29.5. The van der Waals surface area contributed by atoms with Crippen molar-refractivity contribution in [1.82, 2.24) is 16.0 Å². The molecule has 10 heteroatoms. The lowest BCUT2D eigenvalue weighted by molar-refractivity contribution is -0.885. The van der Waals surface area contributed by atoms with Gasteiger partial charge in [0.15, 0.2) is 0 Å². The smallest absolute Gasteiger partial charge is 0.343 e. The van der Waals surface area contributed by atoms with Crippen LogP contribution in [0.3, 0.4) is 0 Å². The van der Waals surface area contributed by atoms with Gasteiger partial charge in [-0.3, -0.25) is 25.9 Å². The molecule has 9 N–H and O–H groups in total. The minimum absolute atomic E-state index is 0.0155. The average molecular weight is 528 g/mol. The lowest BCUT2D eigenvalue weighted by Crippen LogP contribution is -3.11. The van der Waals surface area contributed by atoms with Crippen molar-refractivity contribution in [2.45, 2.75) is 82.3 Å². The molecule has 0 aromatic heterocycles. The van der Waals surface area contributed by atoms with Crippen LogP contribution in [0.5, 0.6) is 0 Å². The van der Waals surface area contributed by atoms with Gasteiger partial charge in [0, 0.05) is 29.5 Å². The zero-order valence-corrected chi connectivity index (χ0v) is 22.6. The molecule has 1 aromatic carbocycles. The van der Waals surface area contributed by atoms with E-state index in [1.165, 1.54) is 17.9 Å². The molecular weight excluding hydrogens is 482 g/mol. The number of nitrogens with two attached hydrogens (primary N) is 2. The van der Waals surface area contributed by atoms with E-state index in [1.807, 2.05) is 0 Å². The monoisotopic (exact) mass is 527 g/mol. The Morgan fingerprint density at radius 1 is 0.763 bits per heavy atom. The molecule has 1 aromatic rings. The van der Waals surface area contributed by atoms with Crippen LogP contribution in [0, 0.1) is 11.8 Å². The number of amides is 3. The lowest BCUT2D eigenvalue weighted by atomic mass is 9.83. The molecule has 1 aliphatic heterocycles. The van der Waals surface area contributed by atoms with E-state index in [0.29, 0.717) is 11.6 Å². The van der Waals surface area contributed by atoms with E-state index in [4.69, 9.17) is 11.5 Å². The molecule has 208 valence electrons. The van der Waals surface area contributed by atoms with E-state index < -0.39 is 0 Å². The highest BCUT2D eigenvalue weighted by Crippen LogP contribution is 2.28. The van der Waals surface area contributed by atoms with Crippen LogP contribution in [0.2, 0.25) is 0 Å². The van der Waals surface area contributed by atoms with Crippen molar-refractivity contribution in [1.29, 1.82) is 0 Å². The fourth-order valence-electron chi connectivity index (χ4n) is 6.18. The van der Waals surface area contributed by atoms with Crippen LogP contribution in [0.4, 0.5) is 5.69 Å². The fourth-order valence-corrected chi connectivity index (χ4v) is 6.18. The molecule has 3 amide bonds. The van der Waals surface area contributed by atoms with E-state index >= 15 is 0 Å². The Labute approximate surface area is 225 Å². The fraction of sp³-hybridized carbons (Fsp3) is 0.643. The van der Waals surface area contributed by atoms with Crippen molar-refractivity contribution >= 4 is 29.4 Å². The summed E-state index contributed by atoms with van der Waals surface area (Å²) in [7, 11) is 2.19. The minimum atomic E-state index is -0.119. The van der Waals surface area contributed by atoms with Gasteiger partial charge in [-0.05, 0) is 88.5 Å². The lowest BCUT2D eigenvalue weighted by Gasteiger charge is -2.33. The molecule has 0 spiro atoms. The van der Waals surface area contributed by atoms with Crippen LogP contribution in [-0.4, -0.2) is 61.9 Å². The first kappa shape index (κ1) is 27.9. The van der Waals surface area contributed by atoms with Gasteiger partial charge in [0.2, 0.25) is 11.8 Å². The van der Waals surface area contributed by atoms with E-state index in [1.54, 1.807) is 24.3 Å². The number of guanidine groups is 1. The van der Waals surface area contributed by atoms with E-state index in [2.05, 4.69) is 28.0 Å². The summed E-state index contributed by atoms with van der Waals surface area (Å²) in [6, 6.07) is 7.49. The van der Waals surface area contributed by atoms with Gasteiger partial charge < -0.3 is 20.9 Å². The predicted octanol–water partition coefficient (Wildman–Crippen LogP) is -1.57. The van der Waals surface area contributed by atoms with E-state index in [0.717, 1.165) is 70.0 Å². The van der Waals surface area contributed by atoms with Crippen LogP contribution in [0.15, 0.2) is 24.3 Å². The van der Waals surface area contributed by atoms with Gasteiger partial charge in [-0.25, -0.2) is 4.99 Å². The number of quaternary nitrogens is 1. The number of carbonyl (C=O) groups is 3. The number of hydrogen-bond donors (Lipinski definition) is 7. The molecule has 0 radical (unpaired) electrons. The second-order valence-electron chi connectivity index (χ2n) is 11.5. The summed E-state index contributed by atoms with van der Waals surface area (Å²) in [6.07, 6.45) is 8.72. The molecule has 3 aliphatic rings. The molecule has 10 nitrogen and oxygen atoms in total. The Balaban J connectivity index is 1.14. The molecule has 2 aliphatic carbocycles. The van der Waals surface area contributed by atoms with Gasteiger partial charge >= 0.3 is 5.96 Å². The Morgan fingerprint density at radius 2 is 1.29 bits per heavy atom. The van der Waals surface area contributed by atoms with Crippen LogP contribution in [0.1, 0.15) is 74.6 Å². The second-order valence-corrected chi connectivity index (χ2v) is 11.5. The summed E-state index contributed by atoms with van der Waals surface area (Å²) in [6.45, 7) is 2.20. The molecule has 2 unspecified atom stereocenters. The summed E-state index contributed by atoms with van der Waals surface area (Å²) >= 11 is 0. The number of rotatable bonds is 7. The summed E-state index contributed by atoms with van der Waals surface area (Å²) in [5.41, 5.74) is 12.2. The molecule has 0 bridgehead atoms. The first-order valence-corrected chi connectivity index (χ1v) is 14.2. The summed E-state index contributed by atoms with van der Waals surface area (Å²) < 4.78 is 0. The van der Waals surface area contributed by atoms with E-state index in [-0.39, 0.29) is 47.6 Å². The number of carbonyl (C=O) groups excluding carboxylic acids is 3. The third kappa shape index (κ3) is 7.93. The molecule has 4 rings (SSSR count). The summed E-state index contributed by atoms with van der Waals surface area (Å²) in [4.78, 5) is 42.6.